The van der Waals surface area contributed by atoms with E-state index in [0.717, 1.165) is 22.3 Å². The Labute approximate surface area is 119 Å². The van der Waals surface area contributed by atoms with Crippen LogP contribution in [-0.2, 0) is 6.54 Å². The lowest BCUT2D eigenvalue weighted by molar-refractivity contribution is 0.681. The highest BCUT2D eigenvalue weighted by Gasteiger charge is 2.20. The predicted molar refractivity (Wildman–Crippen MR) is 73.6 cm³/mol. The van der Waals surface area contributed by atoms with Crippen molar-refractivity contribution in [3.05, 3.63) is 40.4 Å². The first kappa shape index (κ1) is 12.3. The lowest BCUT2D eigenvalue weighted by Crippen LogP contribution is -2.17. The Morgan fingerprint density at radius 3 is 3.00 bits per heavy atom. The zero-order valence-electron chi connectivity index (χ0n) is 10.2. The van der Waals surface area contributed by atoms with E-state index in [4.69, 9.17) is 5.26 Å². The number of halogens is 1. The zero-order chi connectivity index (χ0) is 13.2. The maximum atomic E-state index is 8.80. The Hall–Kier alpha value is -1.71. The van der Waals surface area contributed by atoms with Crippen molar-refractivity contribution in [2.24, 2.45) is 0 Å². The molecule has 6 heteroatoms. The van der Waals surface area contributed by atoms with Gasteiger partial charge in [0.15, 0.2) is 0 Å². The van der Waals surface area contributed by atoms with Crippen molar-refractivity contribution in [3.63, 3.8) is 0 Å². The Balaban J connectivity index is 1.92. The van der Waals surface area contributed by atoms with Crippen LogP contribution in [0.5, 0.6) is 0 Å². The average molecular weight is 318 g/mol. The topological polar surface area (TPSA) is 66.5 Å². The summed E-state index contributed by atoms with van der Waals surface area (Å²) in [7, 11) is 0. The summed E-state index contributed by atoms with van der Waals surface area (Å²) in [6.07, 6.45) is 4.09. The molecule has 1 aliphatic rings. The molecule has 0 aliphatic heterocycles. The van der Waals surface area contributed by atoms with E-state index < -0.39 is 0 Å². The number of aromatic nitrogens is 3. The normalized spacial score (nSPS) is 14.3. The maximum Gasteiger partial charge on any atom is 0.252 e. The third-order valence-electron chi connectivity index (χ3n) is 3.04. The van der Waals surface area contributed by atoms with Gasteiger partial charge in [-0.2, -0.15) is 5.26 Å². The molecule has 1 aromatic carbocycles. The maximum absolute atomic E-state index is 8.80. The molecule has 0 bridgehead atoms. The third-order valence-corrected chi connectivity index (χ3v) is 3.54. The Bertz CT molecular complexity index is 639. The summed E-state index contributed by atoms with van der Waals surface area (Å²) in [5.41, 5.74) is 2.08. The van der Waals surface area contributed by atoms with Crippen LogP contribution in [0.15, 0.2) is 29.0 Å². The van der Waals surface area contributed by atoms with Crippen molar-refractivity contribution in [2.45, 2.75) is 25.4 Å². The number of rotatable bonds is 4. The molecule has 19 heavy (non-hydrogen) atoms. The summed E-state index contributed by atoms with van der Waals surface area (Å²) in [6.45, 7) is 0.801. The van der Waals surface area contributed by atoms with E-state index in [0.29, 0.717) is 6.04 Å². The second-order valence-electron chi connectivity index (χ2n) is 4.55. The summed E-state index contributed by atoms with van der Waals surface area (Å²) in [5, 5.41) is 16.4. The fraction of sp³-hybridized carbons (Fsp3) is 0.308. The molecule has 0 saturated heterocycles. The SMILES string of the molecule is N#Cc1ncn(-c2cc(Br)ccc2CNC2CC2)n1. The first-order valence-electron chi connectivity index (χ1n) is 6.10. The standard InChI is InChI=1S/C13H12BrN5/c14-10-2-1-9(7-16-11-3-4-11)12(5-10)19-8-17-13(6-15)18-19/h1-2,5,8,11,16H,3-4,7H2. The number of hydrogen-bond donors (Lipinski definition) is 1. The number of nitrogens with one attached hydrogen (secondary N) is 1. The van der Waals surface area contributed by atoms with Crippen LogP contribution in [0.4, 0.5) is 0 Å². The van der Waals surface area contributed by atoms with Crippen molar-refractivity contribution in [1.29, 1.82) is 5.26 Å². The van der Waals surface area contributed by atoms with Crippen LogP contribution >= 0.6 is 15.9 Å². The van der Waals surface area contributed by atoms with Gasteiger partial charge in [-0.15, -0.1) is 5.10 Å². The van der Waals surface area contributed by atoms with Crippen LogP contribution < -0.4 is 5.32 Å². The van der Waals surface area contributed by atoms with Crippen LogP contribution in [0.1, 0.15) is 24.2 Å². The van der Waals surface area contributed by atoms with Crippen molar-refractivity contribution in [2.75, 3.05) is 0 Å². The van der Waals surface area contributed by atoms with Gasteiger partial charge in [-0.1, -0.05) is 22.0 Å². The molecule has 5 nitrogen and oxygen atoms in total. The molecule has 0 radical (unpaired) electrons. The molecule has 1 aromatic heterocycles. The number of nitriles is 1. The summed E-state index contributed by atoms with van der Waals surface area (Å²) < 4.78 is 2.62. The molecule has 3 rings (SSSR count). The molecular weight excluding hydrogens is 306 g/mol. The first-order chi connectivity index (χ1) is 9.26. The summed E-state index contributed by atoms with van der Waals surface area (Å²) in [4.78, 5) is 3.94. The molecule has 1 aliphatic carbocycles. The fourth-order valence-electron chi connectivity index (χ4n) is 1.87. The van der Waals surface area contributed by atoms with E-state index in [-0.39, 0.29) is 5.82 Å². The Morgan fingerprint density at radius 1 is 1.47 bits per heavy atom. The smallest absolute Gasteiger partial charge is 0.252 e. The van der Waals surface area contributed by atoms with Crippen LogP contribution in [0.2, 0.25) is 0 Å². The molecule has 0 atom stereocenters. The third kappa shape index (κ3) is 2.83. The predicted octanol–water partition coefficient (Wildman–Crippen LogP) is 2.15. The van der Waals surface area contributed by atoms with Crippen molar-refractivity contribution < 1.29 is 0 Å². The summed E-state index contributed by atoms with van der Waals surface area (Å²) in [5.74, 6) is 0.182. The van der Waals surface area contributed by atoms with Gasteiger partial charge in [-0.05, 0) is 30.5 Å². The molecule has 1 N–H and O–H groups in total. The monoisotopic (exact) mass is 317 g/mol. The van der Waals surface area contributed by atoms with Gasteiger partial charge in [0.2, 0.25) is 0 Å². The lowest BCUT2D eigenvalue weighted by atomic mass is 10.2. The molecule has 1 fully saturated rings. The Morgan fingerprint density at radius 2 is 2.32 bits per heavy atom. The van der Waals surface area contributed by atoms with E-state index in [2.05, 4.69) is 37.4 Å². The highest BCUT2D eigenvalue weighted by Crippen LogP contribution is 2.23. The molecule has 96 valence electrons. The molecule has 0 unspecified atom stereocenters. The fourth-order valence-corrected chi connectivity index (χ4v) is 2.22. The Kier molecular flexibility index (Phi) is 3.32. The number of hydrogen-bond acceptors (Lipinski definition) is 4. The van der Waals surface area contributed by atoms with E-state index >= 15 is 0 Å². The van der Waals surface area contributed by atoms with Crippen LogP contribution in [0.3, 0.4) is 0 Å². The highest BCUT2D eigenvalue weighted by molar-refractivity contribution is 9.10. The van der Waals surface area contributed by atoms with Gasteiger partial charge in [-0.25, -0.2) is 9.67 Å². The molecule has 0 amide bonds. The van der Waals surface area contributed by atoms with E-state index in [1.807, 2.05) is 18.2 Å². The zero-order valence-corrected chi connectivity index (χ0v) is 11.8. The van der Waals surface area contributed by atoms with Gasteiger partial charge in [0.05, 0.1) is 5.69 Å². The quantitative estimate of drug-likeness (QED) is 0.938. The molecular formula is C13H12BrN5. The lowest BCUT2D eigenvalue weighted by Gasteiger charge is -2.10. The average Bonchev–Trinajstić information content (AvgIpc) is 3.13. The summed E-state index contributed by atoms with van der Waals surface area (Å²) >= 11 is 3.46. The van der Waals surface area contributed by atoms with Crippen LogP contribution in [-0.4, -0.2) is 20.8 Å². The summed E-state index contributed by atoms with van der Waals surface area (Å²) in [6, 6.07) is 8.65. The van der Waals surface area contributed by atoms with Gasteiger partial charge >= 0.3 is 0 Å². The minimum Gasteiger partial charge on any atom is -0.310 e. The largest absolute Gasteiger partial charge is 0.310 e. The van der Waals surface area contributed by atoms with E-state index in [9.17, 15) is 0 Å². The second-order valence-corrected chi connectivity index (χ2v) is 5.47. The van der Waals surface area contributed by atoms with Gasteiger partial charge in [-0.3, -0.25) is 0 Å². The van der Waals surface area contributed by atoms with Crippen molar-refractivity contribution in [3.8, 4) is 11.8 Å². The molecule has 2 aromatic rings. The van der Waals surface area contributed by atoms with Crippen molar-refractivity contribution in [1.82, 2.24) is 20.1 Å². The highest BCUT2D eigenvalue weighted by atomic mass is 79.9. The van der Waals surface area contributed by atoms with Gasteiger partial charge in [0, 0.05) is 17.1 Å². The minimum absolute atomic E-state index is 0.182. The number of nitrogens with zero attached hydrogens (tertiary/aromatic N) is 4. The van der Waals surface area contributed by atoms with Gasteiger partial charge in [0.25, 0.3) is 5.82 Å². The van der Waals surface area contributed by atoms with Gasteiger partial charge in [0.1, 0.15) is 12.4 Å². The molecule has 1 heterocycles. The second kappa shape index (κ2) is 5.11. The van der Waals surface area contributed by atoms with Crippen LogP contribution in [0, 0.1) is 11.3 Å². The van der Waals surface area contributed by atoms with E-state index in [1.165, 1.54) is 12.8 Å². The first-order valence-corrected chi connectivity index (χ1v) is 6.89. The van der Waals surface area contributed by atoms with E-state index in [1.54, 1.807) is 11.0 Å². The molecule has 0 spiro atoms. The minimum atomic E-state index is 0.182. The van der Waals surface area contributed by atoms with Gasteiger partial charge < -0.3 is 5.32 Å². The van der Waals surface area contributed by atoms with Crippen molar-refractivity contribution >= 4 is 15.9 Å². The van der Waals surface area contributed by atoms with Crippen LogP contribution in [0.25, 0.3) is 5.69 Å². The molecule has 1 saturated carbocycles. The number of benzene rings is 1.